The van der Waals surface area contributed by atoms with Crippen LogP contribution in [0.4, 0.5) is 0 Å². The third-order valence-corrected chi connectivity index (χ3v) is 3.86. The van der Waals surface area contributed by atoms with Gasteiger partial charge >= 0.3 is 0 Å². The largest absolute Gasteiger partial charge is 0.428 e. The Morgan fingerprint density at radius 3 is 0.679 bits per heavy atom. The molecule has 0 aliphatic rings. The van der Waals surface area contributed by atoms with Gasteiger partial charge in [0.15, 0.2) is 17.7 Å². The third kappa shape index (κ3) is 29.0. The summed E-state index contributed by atoms with van der Waals surface area (Å²) < 4.78 is 29.8. The Bertz CT molecular complexity index is 207. The molecule has 0 heterocycles. The van der Waals surface area contributed by atoms with Crippen molar-refractivity contribution in [3.63, 3.8) is 0 Å². The van der Waals surface area contributed by atoms with E-state index in [1.54, 1.807) is 0 Å². The zero-order valence-electron chi connectivity index (χ0n) is 17.6. The van der Waals surface area contributed by atoms with Gasteiger partial charge < -0.3 is 42.8 Å². The molecule has 170 valence electrons. The van der Waals surface area contributed by atoms with Crippen LogP contribution in [0, 0.1) is 0 Å². The van der Waals surface area contributed by atoms with Gasteiger partial charge in [-0.25, -0.2) is 0 Å². The first-order chi connectivity index (χ1) is 13.0. The Hall–Kier alpha value is 0.810. The van der Waals surface area contributed by atoms with Gasteiger partial charge in [-0.3, -0.25) is 0 Å². The first-order valence-electron chi connectivity index (χ1n) is 8.93. The maximum Gasteiger partial charge on any atom is 0.295 e. The molecule has 0 aliphatic heterocycles. The normalized spacial score (nSPS) is 10.3. The van der Waals surface area contributed by atoms with Gasteiger partial charge in [-0.2, -0.15) is 0 Å². The summed E-state index contributed by atoms with van der Waals surface area (Å²) in [5, 5.41) is 0. The molecule has 0 unspecified atom stereocenters. The van der Waals surface area contributed by atoms with Crippen LogP contribution in [0.5, 0.6) is 0 Å². The summed E-state index contributed by atoms with van der Waals surface area (Å²) in [4.78, 5) is 25.7. The van der Waals surface area contributed by atoms with Crippen molar-refractivity contribution in [2.24, 2.45) is 0 Å². The molecule has 6 radical (unpaired) electrons. The van der Waals surface area contributed by atoms with Crippen molar-refractivity contribution in [2.75, 3.05) is 39.6 Å². The van der Waals surface area contributed by atoms with Crippen LogP contribution in [0.3, 0.4) is 0 Å². The molecule has 0 saturated heterocycles. The van der Waals surface area contributed by atoms with Crippen LogP contribution in [0.15, 0.2) is 0 Å². The molecule has 9 nitrogen and oxygen atoms in total. The minimum Gasteiger partial charge on any atom is -0.428 e. The molecule has 28 heavy (non-hydrogen) atoms. The molecule has 0 aromatic rings. The van der Waals surface area contributed by atoms with Crippen LogP contribution in [0.2, 0.25) is 0 Å². The van der Waals surface area contributed by atoms with Gasteiger partial charge in [0.05, 0.1) is 0 Å². The molecule has 0 rings (SSSR count). The van der Waals surface area contributed by atoms with Gasteiger partial charge in [0, 0.05) is 56.7 Å². The molecular weight excluding hydrogens is 464 g/mol. The van der Waals surface area contributed by atoms with Crippen LogP contribution in [0.25, 0.3) is 0 Å². The fourth-order valence-corrected chi connectivity index (χ4v) is 2.72. The number of ether oxygens (including phenoxy) is 6. The third-order valence-electron chi connectivity index (χ3n) is 2.22. The fraction of sp³-hybridized carbons (Fsp3) is 1.00. The predicted molar refractivity (Wildman–Crippen MR) is 105 cm³/mol. The van der Waals surface area contributed by atoms with Crippen LogP contribution in [0.1, 0.15) is 41.5 Å². The van der Waals surface area contributed by atoms with E-state index in [0.717, 1.165) is 0 Å². The van der Waals surface area contributed by atoms with E-state index in [1.807, 2.05) is 41.5 Å². The molecule has 0 amide bonds. The van der Waals surface area contributed by atoms with Crippen LogP contribution < -0.4 is 0 Å². The van der Waals surface area contributed by atoms with E-state index in [1.165, 1.54) is 0 Å². The van der Waals surface area contributed by atoms with Crippen molar-refractivity contribution in [1.82, 2.24) is 0 Å². The second kappa shape index (κ2) is 32.5. The Kier molecular flexibility index (Phi) is 42.0. The Morgan fingerprint density at radius 1 is 0.464 bits per heavy atom. The van der Waals surface area contributed by atoms with E-state index in [-0.39, 0.29) is 46.4 Å². The van der Waals surface area contributed by atoms with Crippen molar-refractivity contribution in [3.05, 3.63) is 0 Å². The van der Waals surface area contributed by atoms with Crippen LogP contribution in [-0.4, -0.2) is 101 Å². The van der Waals surface area contributed by atoms with Crippen molar-refractivity contribution in [1.29, 1.82) is 0 Å². The van der Waals surface area contributed by atoms with Crippen molar-refractivity contribution in [3.8, 4) is 0 Å². The van der Waals surface area contributed by atoms with E-state index < -0.39 is 17.7 Å². The number of rotatable bonds is 15. The predicted octanol–water partition coefficient (Wildman–Crippen LogP) is -0.139. The summed E-state index contributed by atoms with van der Waals surface area (Å²) in [6.07, 6.45) is 0. The molecule has 0 saturated carbocycles. The van der Waals surface area contributed by atoms with E-state index in [0.29, 0.717) is 39.6 Å². The number of hydrogen-bond donors (Lipinski definition) is 3. The summed E-state index contributed by atoms with van der Waals surface area (Å²) in [6.45, 7) is 14.7. The minimum absolute atomic E-state index is 0. The first kappa shape index (κ1) is 36.2. The Morgan fingerprint density at radius 2 is 0.607 bits per heavy atom. The molecular formula is C15H36FeO9Si3. The van der Waals surface area contributed by atoms with E-state index in [2.05, 4.69) is 0 Å². The van der Waals surface area contributed by atoms with E-state index in [9.17, 15) is 0 Å². The summed E-state index contributed by atoms with van der Waals surface area (Å²) >= 11 is 0. The SMILES string of the molecule is CCOC(OCC)[Si]O.CCOC(OCC)[Si]O.CCOC(OCC)[Si]O.[Fe]. The Balaban J connectivity index is -0.000000152. The molecule has 13 heteroatoms. The van der Waals surface area contributed by atoms with Crippen LogP contribution in [-0.2, 0) is 45.5 Å². The second-order valence-corrected chi connectivity index (χ2v) is 6.30. The maximum absolute atomic E-state index is 8.57. The molecule has 0 atom stereocenters. The summed E-state index contributed by atoms with van der Waals surface area (Å²) in [7, 11) is -0.846. The van der Waals surface area contributed by atoms with Crippen LogP contribution >= 0.6 is 0 Å². The van der Waals surface area contributed by atoms with Gasteiger partial charge in [-0.15, -0.1) is 0 Å². The average Bonchev–Trinajstić information content (AvgIpc) is 2.68. The first-order valence-corrected chi connectivity index (χ1v) is 12.0. The van der Waals surface area contributed by atoms with Crippen molar-refractivity contribution >= 4 is 29.3 Å². The Labute approximate surface area is 188 Å². The van der Waals surface area contributed by atoms with E-state index in [4.69, 9.17) is 42.8 Å². The summed E-state index contributed by atoms with van der Waals surface area (Å²) in [5.74, 6) is -1.21. The van der Waals surface area contributed by atoms with Gasteiger partial charge in [-0.1, -0.05) is 0 Å². The molecule has 0 aromatic heterocycles. The van der Waals surface area contributed by atoms with Gasteiger partial charge in [0.1, 0.15) is 0 Å². The van der Waals surface area contributed by atoms with Gasteiger partial charge in [0.25, 0.3) is 29.3 Å². The minimum atomic E-state index is -0.403. The zero-order valence-corrected chi connectivity index (χ0v) is 21.7. The summed E-state index contributed by atoms with van der Waals surface area (Å²) in [5.41, 5.74) is 0. The second-order valence-electron chi connectivity index (χ2n) is 4.12. The molecule has 0 aliphatic carbocycles. The van der Waals surface area contributed by atoms with E-state index >= 15 is 0 Å². The topological polar surface area (TPSA) is 116 Å². The molecule has 0 fully saturated rings. The van der Waals surface area contributed by atoms with Gasteiger partial charge in [-0.05, 0) is 41.5 Å². The zero-order chi connectivity index (χ0) is 21.3. The number of hydrogen-bond acceptors (Lipinski definition) is 9. The average molecular weight is 501 g/mol. The smallest absolute Gasteiger partial charge is 0.295 e. The molecule has 0 aromatic carbocycles. The molecule has 0 bridgehead atoms. The summed E-state index contributed by atoms with van der Waals surface area (Å²) in [6, 6.07) is 0. The quantitative estimate of drug-likeness (QED) is 0.209. The molecule has 0 spiro atoms. The van der Waals surface area contributed by atoms with Crippen molar-refractivity contribution < 1.29 is 59.9 Å². The maximum atomic E-state index is 8.57. The fourth-order valence-electron chi connectivity index (χ4n) is 1.28. The van der Waals surface area contributed by atoms with Crippen molar-refractivity contribution in [2.45, 2.75) is 59.3 Å². The van der Waals surface area contributed by atoms with Gasteiger partial charge in [0.2, 0.25) is 0 Å². The molecule has 3 N–H and O–H groups in total. The standard InChI is InChI=1S/3C5H12O3Si.Fe/c3*1-3-7-5(9-6)8-4-2;/h3*5-6H,3-4H2,1-2H3;. The monoisotopic (exact) mass is 500 g/mol.